The topological polar surface area (TPSA) is 64.7 Å². The highest BCUT2D eigenvalue weighted by Gasteiger charge is 2.41. The van der Waals surface area contributed by atoms with Crippen LogP contribution in [0.15, 0.2) is 48.5 Å². The molecule has 0 saturated carbocycles. The first-order valence-electron chi connectivity index (χ1n) is 10.6. The molecule has 0 aromatic heterocycles. The minimum atomic E-state index is -0.323. The zero-order valence-electron chi connectivity index (χ0n) is 16.9. The molecule has 1 atom stereocenters. The van der Waals surface area contributed by atoms with Gasteiger partial charge in [0.1, 0.15) is 32.7 Å². The largest absolute Gasteiger partial charge is 0.454 e. The molecule has 156 valence electrons. The molecule has 2 N–H and O–H groups in total. The lowest BCUT2D eigenvalue weighted by Gasteiger charge is -2.31. The maximum atomic E-state index is 12.9. The van der Waals surface area contributed by atoms with E-state index in [1.54, 1.807) is 0 Å². The highest BCUT2D eigenvalue weighted by molar-refractivity contribution is 6.06. The van der Waals surface area contributed by atoms with Crippen molar-refractivity contribution in [1.82, 2.24) is 4.90 Å². The molecule has 2 amide bonds. The lowest BCUT2D eigenvalue weighted by Crippen LogP contribution is -3.28. The molecule has 0 radical (unpaired) electrons. The third kappa shape index (κ3) is 3.78. The van der Waals surface area contributed by atoms with Gasteiger partial charge in [0.25, 0.3) is 0 Å². The van der Waals surface area contributed by atoms with E-state index < -0.39 is 0 Å². The monoisotopic (exact) mass is 409 g/mol. The first-order chi connectivity index (χ1) is 14.7. The van der Waals surface area contributed by atoms with E-state index in [1.807, 2.05) is 36.4 Å². The van der Waals surface area contributed by atoms with E-state index in [4.69, 9.17) is 9.47 Å². The van der Waals surface area contributed by atoms with Crippen molar-refractivity contribution in [2.24, 2.45) is 0 Å². The highest BCUT2D eigenvalue weighted by Crippen LogP contribution is 2.32. The lowest BCUT2D eigenvalue weighted by atomic mass is 9.98. The van der Waals surface area contributed by atoms with Gasteiger partial charge >= 0.3 is 0 Å². The van der Waals surface area contributed by atoms with Gasteiger partial charge in [-0.3, -0.25) is 9.59 Å². The average molecular weight is 409 g/mol. The fourth-order valence-electron chi connectivity index (χ4n) is 4.65. The van der Waals surface area contributed by atoms with Crippen molar-refractivity contribution >= 4 is 11.8 Å². The van der Waals surface area contributed by atoms with Crippen molar-refractivity contribution in [3.8, 4) is 11.5 Å². The highest BCUT2D eigenvalue weighted by atomic mass is 16.7. The summed E-state index contributed by atoms with van der Waals surface area (Å²) in [7, 11) is 0. The van der Waals surface area contributed by atoms with Crippen LogP contribution >= 0.6 is 0 Å². The number of hydrogen-bond acceptors (Lipinski definition) is 4. The number of quaternary nitrogens is 2. The molecular formula is C23H27N3O4+2. The standard InChI is InChI=1S/C23H25N3O4/c27-22-13-19(18-4-2-1-3-5-18)23(28)26(22)15-25-10-8-24(9-11-25)14-17-6-7-20-21(12-17)30-16-29-20/h1-7,12,19H,8-11,13-16H2/p+2/t19-/m0/s1. The molecule has 0 bridgehead atoms. The van der Waals surface area contributed by atoms with Crippen molar-refractivity contribution in [1.29, 1.82) is 0 Å². The third-order valence-electron chi connectivity index (χ3n) is 6.38. The van der Waals surface area contributed by atoms with Crippen molar-refractivity contribution in [2.75, 3.05) is 39.6 Å². The van der Waals surface area contributed by atoms with Crippen molar-refractivity contribution in [3.63, 3.8) is 0 Å². The summed E-state index contributed by atoms with van der Waals surface area (Å²) in [6.07, 6.45) is 0.289. The number of piperazine rings is 1. The number of benzene rings is 2. The first kappa shape index (κ1) is 19.1. The van der Waals surface area contributed by atoms with Gasteiger partial charge in [-0.05, 0) is 23.8 Å². The molecule has 2 fully saturated rings. The Morgan fingerprint density at radius 2 is 1.63 bits per heavy atom. The summed E-state index contributed by atoms with van der Waals surface area (Å²) < 4.78 is 10.9. The summed E-state index contributed by atoms with van der Waals surface area (Å²) in [6, 6.07) is 15.8. The number of hydrogen-bond donors (Lipinski definition) is 2. The van der Waals surface area contributed by atoms with Gasteiger partial charge in [0.05, 0.1) is 5.92 Å². The lowest BCUT2D eigenvalue weighted by molar-refractivity contribution is -1.02. The number of ether oxygens (including phenoxy) is 2. The van der Waals surface area contributed by atoms with E-state index in [0.717, 1.165) is 49.8 Å². The SMILES string of the molecule is O=C1C[C@@H](c2ccccc2)C(=O)N1C[NH+]1CC[NH+](Cc2ccc3c(c2)OCO3)CC1. The number of nitrogens with zero attached hydrogens (tertiary/aromatic N) is 1. The first-order valence-corrected chi connectivity index (χ1v) is 10.6. The van der Waals surface area contributed by atoms with Crippen LogP contribution in [0.4, 0.5) is 0 Å². The van der Waals surface area contributed by atoms with Crippen molar-refractivity contribution < 1.29 is 28.9 Å². The van der Waals surface area contributed by atoms with Gasteiger partial charge in [-0.15, -0.1) is 0 Å². The molecule has 7 heteroatoms. The second kappa shape index (κ2) is 8.08. The molecule has 0 aliphatic carbocycles. The van der Waals surface area contributed by atoms with Crippen LogP contribution in [0.1, 0.15) is 23.5 Å². The van der Waals surface area contributed by atoms with Crippen LogP contribution in [0.2, 0.25) is 0 Å². The molecule has 3 aliphatic heterocycles. The molecule has 2 aromatic rings. The maximum Gasteiger partial charge on any atom is 0.241 e. The molecule has 0 spiro atoms. The second-order valence-corrected chi connectivity index (χ2v) is 8.35. The fraction of sp³-hybridized carbons (Fsp3) is 0.391. The number of fused-ring (bicyclic) bond motifs is 1. The zero-order valence-corrected chi connectivity index (χ0v) is 16.9. The molecule has 30 heavy (non-hydrogen) atoms. The predicted molar refractivity (Wildman–Crippen MR) is 108 cm³/mol. The van der Waals surface area contributed by atoms with Gasteiger partial charge in [0, 0.05) is 12.0 Å². The Bertz CT molecular complexity index is 941. The quantitative estimate of drug-likeness (QED) is 0.635. The van der Waals surface area contributed by atoms with E-state index in [1.165, 1.54) is 20.3 Å². The number of nitrogens with one attached hydrogen (secondary N) is 2. The second-order valence-electron chi connectivity index (χ2n) is 8.35. The Morgan fingerprint density at radius 3 is 2.43 bits per heavy atom. The summed E-state index contributed by atoms with van der Waals surface area (Å²) in [6.45, 7) is 5.66. The number of imide groups is 1. The van der Waals surface area contributed by atoms with Gasteiger partial charge in [0.15, 0.2) is 18.2 Å². The summed E-state index contributed by atoms with van der Waals surface area (Å²) in [5, 5.41) is 0. The van der Waals surface area contributed by atoms with Gasteiger partial charge in [-0.25, -0.2) is 4.90 Å². The Labute approximate surface area is 175 Å². The maximum absolute atomic E-state index is 12.9. The van der Waals surface area contributed by atoms with Crippen LogP contribution in [0.25, 0.3) is 0 Å². The summed E-state index contributed by atoms with van der Waals surface area (Å²) in [5.74, 6) is 1.23. The minimum absolute atomic E-state index is 0.0449. The zero-order chi connectivity index (χ0) is 20.5. The van der Waals surface area contributed by atoms with Gasteiger partial charge in [-0.2, -0.15) is 0 Å². The van der Waals surface area contributed by atoms with Crippen molar-refractivity contribution in [2.45, 2.75) is 18.9 Å². The number of rotatable bonds is 5. The van der Waals surface area contributed by atoms with Crippen LogP contribution in [-0.2, 0) is 16.1 Å². The normalized spacial score (nSPS) is 25.7. The van der Waals surface area contributed by atoms with E-state index in [-0.39, 0.29) is 24.2 Å². The molecule has 7 nitrogen and oxygen atoms in total. The number of amides is 2. The summed E-state index contributed by atoms with van der Waals surface area (Å²) in [4.78, 5) is 29.7. The Balaban J connectivity index is 1.15. The van der Waals surface area contributed by atoms with E-state index >= 15 is 0 Å². The Kier molecular flexibility index (Phi) is 5.14. The van der Waals surface area contributed by atoms with Gasteiger partial charge in [-0.1, -0.05) is 30.3 Å². The molecule has 3 heterocycles. The number of likely N-dealkylation sites (tertiary alicyclic amines) is 1. The van der Waals surface area contributed by atoms with Crippen LogP contribution < -0.4 is 19.3 Å². The summed E-state index contributed by atoms with van der Waals surface area (Å²) in [5.41, 5.74) is 2.18. The average Bonchev–Trinajstić information content (AvgIpc) is 3.35. The molecule has 2 aromatic carbocycles. The molecular weight excluding hydrogens is 382 g/mol. The van der Waals surface area contributed by atoms with Crippen LogP contribution in [0, 0.1) is 0 Å². The predicted octanol–water partition coefficient (Wildman–Crippen LogP) is -0.801. The van der Waals surface area contributed by atoms with E-state index in [9.17, 15) is 9.59 Å². The molecule has 2 saturated heterocycles. The molecule has 0 unspecified atom stereocenters. The number of carbonyl (C=O) groups is 2. The smallest absolute Gasteiger partial charge is 0.241 e. The fourth-order valence-corrected chi connectivity index (χ4v) is 4.65. The van der Waals surface area contributed by atoms with Crippen LogP contribution in [-0.4, -0.2) is 56.4 Å². The van der Waals surface area contributed by atoms with E-state index in [2.05, 4.69) is 12.1 Å². The Hall–Kier alpha value is -2.90. The van der Waals surface area contributed by atoms with Gasteiger partial charge < -0.3 is 19.3 Å². The van der Waals surface area contributed by atoms with Gasteiger partial charge in [0.2, 0.25) is 18.6 Å². The summed E-state index contributed by atoms with van der Waals surface area (Å²) >= 11 is 0. The Morgan fingerprint density at radius 1 is 0.900 bits per heavy atom. The number of carbonyl (C=O) groups excluding carboxylic acids is 2. The van der Waals surface area contributed by atoms with Crippen LogP contribution in [0.3, 0.4) is 0 Å². The van der Waals surface area contributed by atoms with Crippen molar-refractivity contribution in [3.05, 3.63) is 59.7 Å². The third-order valence-corrected chi connectivity index (χ3v) is 6.38. The minimum Gasteiger partial charge on any atom is -0.454 e. The molecule has 3 aliphatic rings. The van der Waals surface area contributed by atoms with E-state index in [0.29, 0.717) is 13.5 Å². The van der Waals surface area contributed by atoms with Crippen LogP contribution in [0.5, 0.6) is 11.5 Å². The molecule has 5 rings (SSSR count).